The molecule has 246 valence electrons. The number of carboxylic acid groups (broad SMARTS) is 2. The van der Waals surface area contributed by atoms with Crippen LogP contribution in [-0.4, -0.2) is 88.8 Å². The molecule has 15 nitrogen and oxygen atoms in total. The second-order valence-corrected chi connectivity index (χ2v) is 12.0. The number of rotatable bonds is 18. The van der Waals surface area contributed by atoms with Crippen LogP contribution in [0, 0.1) is 11.8 Å². The lowest BCUT2D eigenvalue weighted by atomic mass is 10.0. The van der Waals surface area contributed by atoms with E-state index in [4.69, 9.17) is 14.6 Å². The van der Waals surface area contributed by atoms with Crippen LogP contribution in [-0.2, 0) is 38.2 Å². The lowest BCUT2D eigenvalue weighted by Crippen LogP contribution is -2.58. The minimum atomic E-state index is -1.47. The highest BCUT2D eigenvalue weighted by molar-refractivity contribution is 5.95. The Morgan fingerprint density at radius 2 is 1.00 bits per heavy atom. The molecular weight excluding hydrogens is 568 g/mol. The Balaban J connectivity index is 6.04. The van der Waals surface area contributed by atoms with Crippen molar-refractivity contribution >= 4 is 41.7 Å². The SMILES string of the molecule is COC(=O)[C@H](CC(C)C)NC(=O)[C@H](CCC(=O)O)NC(=O)[C@H](CCC(=O)O)NC(=O)[C@@H](CC(C)C)NC(=O)OC(C)(C)C. The molecule has 0 spiro atoms. The second kappa shape index (κ2) is 18.6. The minimum Gasteiger partial charge on any atom is -0.481 e. The van der Waals surface area contributed by atoms with Gasteiger partial charge in [-0.1, -0.05) is 27.7 Å². The highest BCUT2D eigenvalue weighted by Crippen LogP contribution is 2.12. The predicted octanol–water partition coefficient (Wildman–Crippen LogP) is 1.33. The molecule has 6 N–H and O–H groups in total. The van der Waals surface area contributed by atoms with Gasteiger partial charge in [0.2, 0.25) is 17.7 Å². The third kappa shape index (κ3) is 17.6. The summed E-state index contributed by atoms with van der Waals surface area (Å²) in [6.07, 6.45) is -2.29. The van der Waals surface area contributed by atoms with E-state index >= 15 is 0 Å². The third-order valence-electron chi connectivity index (χ3n) is 5.78. The van der Waals surface area contributed by atoms with E-state index in [9.17, 15) is 38.7 Å². The number of esters is 1. The van der Waals surface area contributed by atoms with Crippen LogP contribution in [0.5, 0.6) is 0 Å². The van der Waals surface area contributed by atoms with Crippen LogP contribution in [0.3, 0.4) is 0 Å². The van der Waals surface area contributed by atoms with Crippen LogP contribution < -0.4 is 21.3 Å². The van der Waals surface area contributed by atoms with E-state index in [1.807, 2.05) is 13.8 Å². The van der Waals surface area contributed by atoms with E-state index in [1.165, 1.54) is 0 Å². The molecule has 43 heavy (non-hydrogen) atoms. The van der Waals surface area contributed by atoms with Crippen molar-refractivity contribution in [3.8, 4) is 0 Å². The van der Waals surface area contributed by atoms with E-state index < -0.39 is 84.3 Å². The molecule has 0 bridgehead atoms. The maximum absolute atomic E-state index is 13.3. The molecule has 0 aliphatic rings. The molecule has 0 saturated heterocycles. The minimum absolute atomic E-state index is 0.0276. The fourth-order valence-electron chi connectivity index (χ4n) is 3.87. The van der Waals surface area contributed by atoms with Crippen molar-refractivity contribution in [3.05, 3.63) is 0 Å². The molecule has 0 aliphatic heterocycles. The lowest BCUT2D eigenvalue weighted by molar-refractivity contribution is -0.146. The summed E-state index contributed by atoms with van der Waals surface area (Å²) in [5.41, 5.74) is -0.847. The maximum Gasteiger partial charge on any atom is 0.408 e. The molecule has 4 amide bonds. The predicted molar refractivity (Wildman–Crippen MR) is 154 cm³/mol. The lowest BCUT2D eigenvalue weighted by Gasteiger charge is -2.27. The zero-order valence-electron chi connectivity index (χ0n) is 26.3. The highest BCUT2D eigenvalue weighted by atomic mass is 16.6. The quantitative estimate of drug-likeness (QED) is 0.120. The fraction of sp³-hybridized carbons (Fsp3) is 0.750. The molecule has 0 aromatic rings. The average molecular weight is 617 g/mol. The number of hydrogen-bond donors (Lipinski definition) is 6. The summed E-state index contributed by atoms with van der Waals surface area (Å²) in [7, 11) is 1.14. The summed E-state index contributed by atoms with van der Waals surface area (Å²) in [5, 5.41) is 28.1. The standard InChI is InChI=1S/C28H48N4O11/c1-15(2)13-19(32-27(41)43-28(5,6)7)25(39)30-17(9-11-21(33)34)23(37)29-18(10-12-22(35)36)24(38)31-20(14-16(3)4)26(40)42-8/h15-20H,9-14H2,1-8H3,(H,29,37)(H,30,39)(H,31,38)(H,32,41)(H,33,34)(H,35,36)/t17-,18-,19+,20-/m0/s1. The van der Waals surface area contributed by atoms with Crippen molar-refractivity contribution in [2.45, 2.75) is 117 Å². The molecule has 0 aromatic heterocycles. The molecule has 0 aromatic carbocycles. The second-order valence-electron chi connectivity index (χ2n) is 12.0. The number of carboxylic acids is 2. The number of ether oxygens (including phenoxy) is 2. The first-order valence-electron chi connectivity index (χ1n) is 14.2. The van der Waals surface area contributed by atoms with Crippen molar-refractivity contribution in [1.82, 2.24) is 21.3 Å². The zero-order valence-corrected chi connectivity index (χ0v) is 26.3. The van der Waals surface area contributed by atoms with Crippen molar-refractivity contribution < 1.29 is 53.2 Å². The summed E-state index contributed by atoms with van der Waals surface area (Å²) in [6, 6.07) is -5.12. The number of methoxy groups -OCH3 is 1. The van der Waals surface area contributed by atoms with Crippen LogP contribution in [0.25, 0.3) is 0 Å². The van der Waals surface area contributed by atoms with Gasteiger partial charge >= 0.3 is 24.0 Å². The normalized spacial score (nSPS) is 14.1. The molecule has 0 rings (SSSR count). The van der Waals surface area contributed by atoms with Gasteiger partial charge in [0.25, 0.3) is 0 Å². The van der Waals surface area contributed by atoms with Gasteiger partial charge in [0, 0.05) is 12.8 Å². The van der Waals surface area contributed by atoms with Crippen molar-refractivity contribution in [2.75, 3.05) is 7.11 Å². The van der Waals surface area contributed by atoms with Crippen LogP contribution in [0.1, 0.15) is 87.0 Å². The van der Waals surface area contributed by atoms with Gasteiger partial charge in [-0.15, -0.1) is 0 Å². The van der Waals surface area contributed by atoms with Gasteiger partial charge in [-0.25, -0.2) is 9.59 Å². The number of alkyl carbamates (subject to hydrolysis) is 1. The Morgan fingerprint density at radius 1 is 0.628 bits per heavy atom. The monoisotopic (exact) mass is 616 g/mol. The molecule has 4 atom stereocenters. The van der Waals surface area contributed by atoms with Gasteiger partial charge in [-0.2, -0.15) is 0 Å². The Hall–Kier alpha value is -3.91. The van der Waals surface area contributed by atoms with E-state index in [-0.39, 0.29) is 37.5 Å². The number of amides is 4. The average Bonchev–Trinajstić information content (AvgIpc) is 2.85. The summed E-state index contributed by atoms with van der Waals surface area (Å²) < 4.78 is 9.96. The van der Waals surface area contributed by atoms with Gasteiger partial charge in [-0.3, -0.25) is 24.0 Å². The first-order chi connectivity index (χ1) is 19.7. The number of carbonyl (C=O) groups excluding carboxylic acids is 5. The van der Waals surface area contributed by atoms with Gasteiger partial charge in [0.15, 0.2) is 0 Å². The molecule has 0 fully saturated rings. The van der Waals surface area contributed by atoms with Gasteiger partial charge in [0.05, 0.1) is 7.11 Å². The molecular formula is C28H48N4O11. The highest BCUT2D eigenvalue weighted by Gasteiger charge is 2.33. The van der Waals surface area contributed by atoms with Crippen LogP contribution >= 0.6 is 0 Å². The van der Waals surface area contributed by atoms with E-state index in [0.717, 1.165) is 7.11 Å². The maximum atomic E-state index is 13.3. The first kappa shape index (κ1) is 39.1. The van der Waals surface area contributed by atoms with E-state index in [2.05, 4.69) is 21.3 Å². The van der Waals surface area contributed by atoms with Gasteiger partial charge in [-0.05, 0) is 58.3 Å². The van der Waals surface area contributed by atoms with E-state index in [0.29, 0.717) is 0 Å². The van der Waals surface area contributed by atoms with Crippen LogP contribution in [0.4, 0.5) is 4.79 Å². The topological polar surface area (TPSA) is 227 Å². The number of aliphatic carboxylic acids is 2. The zero-order chi connectivity index (χ0) is 33.5. The summed E-state index contributed by atoms with van der Waals surface area (Å²) >= 11 is 0. The summed E-state index contributed by atoms with van der Waals surface area (Å²) in [4.78, 5) is 86.7. The van der Waals surface area contributed by atoms with Crippen molar-refractivity contribution in [2.24, 2.45) is 11.8 Å². The first-order valence-corrected chi connectivity index (χ1v) is 14.2. The van der Waals surface area contributed by atoms with Crippen molar-refractivity contribution in [1.29, 1.82) is 0 Å². The molecule has 15 heteroatoms. The molecule has 0 heterocycles. The van der Waals surface area contributed by atoms with Gasteiger partial charge in [0.1, 0.15) is 29.8 Å². The third-order valence-corrected chi connectivity index (χ3v) is 5.78. The smallest absolute Gasteiger partial charge is 0.408 e. The summed E-state index contributed by atoms with van der Waals surface area (Å²) in [6.45, 7) is 12.2. The molecule has 0 aliphatic carbocycles. The van der Waals surface area contributed by atoms with E-state index in [1.54, 1.807) is 34.6 Å². The fourth-order valence-corrected chi connectivity index (χ4v) is 3.87. The number of carbonyl (C=O) groups is 7. The van der Waals surface area contributed by atoms with Crippen LogP contribution in [0.2, 0.25) is 0 Å². The number of hydrogen-bond acceptors (Lipinski definition) is 9. The Morgan fingerprint density at radius 3 is 1.35 bits per heavy atom. The Labute approximate surface area is 252 Å². The Kier molecular flexibility index (Phi) is 16.9. The van der Waals surface area contributed by atoms with Crippen molar-refractivity contribution in [3.63, 3.8) is 0 Å². The summed E-state index contributed by atoms with van der Waals surface area (Å²) in [5.74, 6) is -5.95. The largest absolute Gasteiger partial charge is 0.481 e. The van der Waals surface area contributed by atoms with Gasteiger partial charge < -0.3 is 41.0 Å². The molecule has 0 unspecified atom stereocenters. The number of nitrogens with one attached hydrogen (secondary N) is 4. The Bertz CT molecular complexity index is 992. The molecule has 0 saturated carbocycles. The van der Waals surface area contributed by atoms with Crippen LogP contribution in [0.15, 0.2) is 0 Å². The molecule has 0 radical (unpaired) electrons.